The monoisotopic (exact) mass is 408 g/mol. The van der Waals surface area contributed by atoms with Gasteiger partial charge >= 0.3 is 0 Å². The Bertz CT molecular complexity index is 874. The van der Waals surface area contributed by atoms with Gasteiger partial charge in [0.25, 0.3) is 5.91 Å². The highest BCUT2D eigenvalue weighted by Crippen LogP contribution is 2.28. The normalized spacial score (nSPS) is 25.7. The molecule has 4 saturated heterocycles. The maximum absolute atomic E-state index is 12.7. The molecule has 1 aromatic carbocycles. The molecule has 0 aliphatic carbocycles. The molecule has 1 amide bonds. The number of nitrogens with one attached hydrogen (secondary N) is 1. The van der Waals surface area contributed by atoms with Crippen molar-refractivity contribution in [3.63, 3.8) is 0 Å². The molecule has 7 nitrogen and oxygen atoms in total. The predicted molar refractivity (Wildman–Crippen MR) is 114 cm³/mol. The molecule has 0 spiro atoms. The smallest absolute Gasteiger partial charge is 0.251 e. The maximum Gasteiger partial charge on any atom is 0.251 e. The summed E-state index contributed by atoms with van der Waals surface area (Å²) in [7, 11) is 0. The molecule has 4 fully saturated rings. The SMILES string of the molecule is O=C(N[C@H]1CN2CCC1CC2)c1ccc(Oc2cc(N3CCOCC3)ccn2)cc1. The lowest BCUT2D eigenvalue weighted by molar-refractivity contribution is 0.0620. The van der Waals surface area contributed by atoms with E-state index >= 15 is 0 Å². The topological polar surface area (TPSA) is 66.9 Å². The van der Waals surface area contributed by atoms with Crippen LogP contribution in [0.1, 0.15) is 23.2 Å². The quantitative estimate of drug-likeness (QED) is 0.820. The third-order valence-electron chi connectivity index (χ3n) is 6.41. The second kappa shape index (κ2) is 8.62. The average Bonchev–Trinajstić information content (AvgIpc) is 2.81. The summed E-state index contributed by atoms with van der Waals surface area (Å²) in [5, 5.41) is 3.23. The fraction of sp³-hybridized carbons (Fsp3) is 0.478. The van der Waals surface area contributed by atoms with Crippen LogP contribution in [0.25, 0.3) is 0 Å². The molecule has 0 saturated carbocycles. The number of nitrogens with zero attached hydrogens (tertiary/aromatic N) is 3. The van der Waals surface area contributed by atoms with Gasteiger partial charge in [-0.3, -0.25) is 4.79 Å². The summed E-state index contributed by atoms with van der Waals surface area (Å²) in [6.07, 6.45) is 4.14. The van der Waals surface area contributed by atoms with Gasteiger partial charge in [-0.05, 0) is 62.2 Å². The van der Waals surface area contributed by atoms with E-state index in [1.54, 1.807) is 6.20 Å². The minimum Gasteiger partial charge on any atom is -0.439 e. The third kappa shape index (κ3) is 4.27. The first kappa shape index (κ1) is 19.3. The van der Waals surface area contributed by atoms with Crippen LogP contribution in [-0.4, -0.2) is 67.8 Å². The van der Waals surface area contributed by atoms with Crippen LogP contribution >= 0.6 is 0 Å². The number of ether oxygens (including phenoxy) is 2. The van der Waals surface area contributed by atoms with E-state index < -0.39 is 0 Å². The number of morpholine rings is 1. The van der Waals surface area contributed by atoms with Gasteiger partial charge in [-0.2, -0.15) is 0 Å². The van der Waals surface area contributed by atoms with Crippen LogP contribution in [0.2, 0.25) is 0 Å². The first-order valence-corrected chi connectivity index (χ1v) is 10.8. The van der Waals surface area contributed by atoms with Gasteiger partial charge in [-0.15, -0.1) is 0 Å². The molecule has 5 heterocycles. The third-order valence-corrected chi connectivity index (χ3v) is 6.41. The fourth-order valence-corrected chi connectivity index (χ4v) is 4.65. The molecule has 2 aromatic rings. The van der Waals surface area contributed by atoms with Crippen LogP contribution in [0.5, 0.6) is 11.6 Å². The number of piperidine rings is 3. The molecular formula is C23H28N4O3. The lowest BCUT2D eigenvalue weighted by Crippen LogP contribution is -2.57. The molecular weight excluding hydrogens is 380 g/mol. The van der Waals surface area contributed by atoms with Gasteiger partial charge in [0.2, 0.25) is 5.88 Å². The number of amides is 1. The van der Waals surface area contributed by atoms with Gasteiger partial charge < -0.3 is 24.6 Å². The number of rotatable bonds is 5. The summed E-state index contributed by atoms with van der Waals surface area (Å²) in [6, 6.07) is 11.5. The number of aromatic nitrogens is 1. The number of hydrogen-bond acceptors (Lipinski definition) is 6. The number of benzene rings is 1. The Balaban J connectivity index is 1.20. The molecule has 0 unspecified atom stereocenters. The minimum atomic E-state index is -0.00672. The van der Waals surface area contributed by atoms with Crippen molar-refractivity contribution in [2.75, 3.05) is 50.8 Å². The van der Waals surface area contributed by atoms with E-state index in [4.69, 9.17) is 9.47 Å². The van der Waals surface area contributed by atoms with E-state index in [0.29, 0.717) is 23.1 Å². The molecule has 4 aliphatic rings. The summed E-state index contributed by atoms with van der Waals surface area (Å²) in [5.41, 5.74) is 1.74. The standard InChI is InChI=1S/C23H28N4O3/c28-23(25-21-16-26-9-6-17(21)7-10-26)18-1-3-20(4-2-18)30-22-15-19(5-8-24-22)27-11-13-29-14-12-27/h1-5,8,15,17,21H,6-7,9-14,16H2,(H,25,28)/t21-/m0/s1. The summed E-state index contributed by atoms with van der Waals surface area (Å²) >= 11 is 0. The largest absolute Gasteiger partial charge is 0.439 e. The second-order valence-electron chi connectivity index (χ2n) is 8.30. The molecule has 2 bridgehead atoms. The summed E-state index contributed by atoms with van der Waals surface area (Å²) < 4.78 is 11.3. The average molecular weight is 409 g/mol. The van der Waals surface area contributed by atoms with Crippen molar-refractivity contribution in [2.24, 2.45) is 5.92 Å². The van der Waals surface area contributed by atoms with Crippen molar-refractivity contribution in [1.29, 1.82) is 0 Å². The minimum absolute atomic E-state index is 0.00672. The Morgan fingerprint density at radius 3 is 2.53 bits per heavy atom. The van der Waals surface area contributed by atoms with Crippen molar-refractivity contribution in [1.82, 2.24) is 15.2 Å². The first-order chi connectivity index (χ1) is 14.7. The second-order valence-corrected chi connectivity index (χ2v) is 8.30. The molecule has 30 heavy (non-hydrogen) atoms. The number of anilines is 1. The molecule has 158 valence electrons. The van der Waals surface area contributed by atoms with E-state index in [-0.39, 0.29) is 11.9 Å². The Morgan fingerprint density at radius 1 is 1.07 bits per heavy atom. The van der Waals surface area contributed by atoms with Crippen LogP contribution < -0.4 is 15.0 Å². The Hall–Kier alpha value is -2.64. The number of pyridine rings is 1. The van der Waals surface area contributed by atoms with E-state index in [0.717, 1.165) is 38.5 Å². The van der Waals surface area contributed by atoms with Crippen LogP contribution in [0.3, 0.4) is 0 Å². The highest BCUT2D eigenvalue weighted by molar-refractivity contribution is 5.94. The zero-order chi connectivity index (χ0) is 20.3. The van der Waals surface area contributed by atoms with Crippen molar-refractivity contribution >= 4 is 11.6 Å². The molecule has 7 heteroatoms. The zero-order valence-corrected chi connectivity index (χ0v) is 17.1. The van der Waals surface area contributed by atoms with Crippen molar-refractivity contribution in [3.8, 4) is 11.6 Å². The summed E-state index contributed by atoms with van der Waals surface area (Å²) in [6.45, 7) is 6.53. The van der Waals surface area contributed by atoms with E-state index in [9.17, 15) is 4.79 Å². The lowest BCUT2D eigenvalue weighted by atomic mass is 9.84. The predicted octanol–water partition coefficient (Wildman–Crippen LogP) is 2.53. The zero-order valence-electron chi connectivity index (χ0n) is 17.1. The Labute approximate surface area is 177 Å². The molecule has 0 radical (unpaired) electrons. The molecule has 1 atom stereocenters. The van der Waals surface area contributed by atoms with Crippen molar-refractivity contribution < 1.29 is 14.3 Å². The van der Waals surface area contributed by atoms with Gasteiger partial charge in [0.1, 0.15) is 5.75 Å². The van der Waals surface area contributed by atoms with Crippen LogP contribution in [0.15, 0.2) is 42.6 Å². The van der Waals surface area contributed by atoms with E-state index in [1.807, 2.05) is 36.4 Å². The molecule has 6 rings (SSSR count). The molecule has 1 N–H and O–H groups in total. The van der Waals surface area contributed by atoms with Crippen molar-refractivity contribution in [2.45, 2.75) is 18.9 Å². The van der Waals surface area contributed by atoms with Gasteiger partial charge in [0, 0.05) is 49.2 Å². The van der Waals surface area contributed by atoms with E-state index in [1.165, 1.54) is 25.9 Å². The van der Waals surface area contributed by atoms with Gasteiger partial charge in [-0.25, -0.2) is 4.98 Å². The molecule has 1 aromatic heterocycles. The van der Waals surface area contributed by atoms with Gasteiger partial charge in [0.15, 0.2) is 0 Å². The Kier molecular flexibility index (Phi) is 5.55. The number of fused-ring (bicyclic) bond motifs is 3. The fourth-order valence-electron chi connectivity index (χ4n) is 4.65. The summed E-state index contributed by atoms with van der Waals surface area (Å²) in [4.78, 5) is 21.7. The summed E-state index contributed by atoms with van der Waals surface area (Å²) in [5.74, 6) is 1.82. The Morgan fingerprint density at radius 2 is 1.83 bits per heavy atom. The van der Waals surface area contributed by atoms with Crippen LogP contribution in [0.4, 0.5) is 5.69 Å². The molecule has 4 aliphatic heterocycles. The number of carbonyl (C=O) groups excluding carboxylic acids is 1. The number of hydrogen-bond donors (Lipinski definition) is 1. The van der Waals surface area contributed by atoms with Gasteiger partial charge in [-0.1, -0.05) is 0 Å². The maximum atomic E-state index is 12.7. The highest BCUT2D eigenvalue weighted by atomic mass is 16.5. The number of carbonyl (C=O) groups is 1. The highest BCUT2D eigenvalue weighted by Gasteiger charge is 2.34. The van der Waals surface area contributed by atoms with Crippen LogP contribution in [-0.2, 0) is 4.74 Å². The van der Waals surface area contributed by atoms with Crippen molar-refractivity contribution in [3.05, 3.63) is 48.2 Å². The van der Waals surface area contributed by atoms with Gasteiger partial charge in [0.05, 0.1) is 13.2 Å². The van der Waals surface area contributed by atoms with E-state index in [2.05, 4.69) is 20.1 Å². The lowest BCUT2D eigenvalue weighted by Gasteiger charge is -2.44. The first-order valence-electron chi connectivity index (χ1n) is 10.8. The van der Waals surface area contributed by atoms with Crippen LogP contribution in [0, 0.1) is 5.92 Å².